The van der Waals surface area contributed by atoms with E-state index in [0.29, 0.717) is 45.5 Å². The van der Waals surface area contributed by atoms with Crippen LogP contribution in [0.15, 0.2) is 36.5 Å². The molecule has 0 bridgehead atoms. The van der Waals surface area contributed by atoms with Crippen LogP contribution in [-0.2, 0) is 5.60 Å². The third-order valence-electron chi connectivity index (χ3n) is 5.15. The third kappa shape index (κ3) is 3.26. The standard InChI is InChI=1S/C20H15ClN2O3.C2H6/c21-17-8-18-15(16(10-23-18)19(24)25)7-14(17)13-3-2-12(6-11(13)9-22)20(26)4-1-5-20;1-2/h2-3,6-8,10,23,26H,1,4-5H2,(H,24,25);1-2H3. The van der Waals surface area contributed by atoms with Crippen LogP contribution in [0.3, 0.4) is 0 Å². The summed E-state index contributed by atoms with van der Waals surface area (Å²) in [6.07, 6.45) is 3.77. The van der Waals surface area contributed by atoms with Gasteiger partial charge in [0.25, 0.3) is 0 Å². The molecule has 1 aromatic heterocycles. The van der Waals surface area contributed by atoms with Gasteiger partial charge in [0.2, 0.25) is 0 Å². The van der Waals surface area contributed by atoms with Crippen molar-refractivity contribution in [2.45, 2.75) is 38.7 Å². The van der Waals surface area contributed by atoms with Crippen LogP contribution in [-0.4, -0.2) is 21.2 Å². The Bertz CT molecular complexity index is 1090. The van der Waals surface area contributed by atoms with Gasteiger partial charge in [-0.2, -0.15) is 5.26 Å². The maximum Gasteiger partial charge on any atom is 0.337 e. The average molecular weight is 397 g/mol. The molecule has 0 unspecified atom stereocenters. The maximum atomic E-state index is 11.4. The second-order valence-electron chi connectivity index (χ2n) is 6.64. The minimum atomic E-state index is -1.03. The summed E-state index contributed by atoms with van der Waals surface area (Å²) in [5.74, 6) is -1.03. The summed E-state index contributed by atoms with van der Waals surface area (Å²) in [5.41, 5.74) is 2.25. The van der Waals surface area contributed by atoms with Gasteiger partial charge in [-0.25, -0.2) is 4.79 Å². The summed E-state index contributed by atoms with van der Waals surface area (Å²) >= 11 is 6.40. The molecule has 6 heteroatoms. The predicted molar refractivity (Wildman–Crippen MR) is 110 cm³/mol. The highest BCUT2D eigenvalue weighted by Gasteiger charge is 2.36. The van der Waals surface area contributed by atoms with E-state index in [9.17, 15) is 20.3 Å². The molecule has 1 aliphatic rings. The molecular weight excluding hydrogens is 376 g/mol. The number of hydrogen-bond donors (Lipinski definition) is 3. The first-order valence-electron chi connectivity index (χ1n) is 9.24. The zero-order valence-electron chi connectivity index (χ0n) is 15.7. The Balaban J connectivity index is 0.00000109. The van der Waals surface area contributed by atoms with E-state index in [4.69, 9.17) is 11.6 Å². The second-order valence-corrected chi connectivity index (χ2v) is 7.05. The highest BCUT2D eigenvalue weighted by Crippen LogP contribution is 2.43. The topological polar surface area (TPSA) is 97.1 Å². The number of fused-ring (bicyclic) bond motifs is 1. The lowest BCUT2D eigenvalue weighted by Gasteiger charge is -2.37. The van der Waals surface area contributed by atoms with Gasteiger partial charge in [0, 0.05) is 28.2 Å². The summed E-state index contributed by atoms with van der Waals surface area (Å²) in [6, 6.07) is 10.8. The molecule has 5 nitrogen and oxygen atoms in total. The van der Waals surface area contributed by atoms with Crippen LogP contribution < -0.4 is 0 Å². The van der Waals surface area contributed by atoms with E-state index in [2.05, 4.69) is 11.1 Å². The number of aromatic carboxylic acids is 1. The maximum absolute atomic E-state index is 11.4. The second kappa shape index (κ2) is 7.67. The SMILES string of the molecule is CC.N#Cc1cc(C2(O)CCC2)ccc1-c1cc2c(C(=O)O)c[nH]c2cc1Cl. The third-order valence-corrected chi connectivity index (χ3v) is 5.46. The molecule has 1 saturated carbocycles. The molecule has 0 amide bonds. The molecule has 0 spiro atoms. The van der Waals surface area contributed by atoms with Crippen LogP contribution in [0.2, 0.25) is 5.02 Å². The number of nitriles is 1. The first-order chi connectivity index (χ1) is 13.4. The van der Waals surface area contributed by atoms with Crippen LogP contribution in [0.4, 0.5) is 0 Å². The average Bonchev–Trinajstić information content (AvgIpc) is 3.09. The number of halogens is 1. The van der Waals surface area contributed by atoms with Crippen LogP contribution in [0.1, 0.15) is 54.6 Å². The van der Waals surface area contributed by atoms with Crippen molar-refractivity contribution < 1.29 is 15.0 Å². The van der Waals surface area contributed by atoms with Gasteiger partial charge in [-0.3, -0.25) is 0 Å². The summed E-state index contributed by atoms with van der Waals surface area (Å²) in [7, 11) is 0. The number of carboxylic acids is 1. The normalized spacial score (nSPS) is 14.5. The summed E-state index contributed by atoms with van der Waals surface area (Å²) < 4.78 is 0. The molecule has 3 aromatic rings. The molecule has 3 N–H and O–H groups in total. The van der Waals surface area contributed by atoms with Crippen molar-refractivity contribution in [1.82, 2.24) is 4.98 Å². The molecule has 1 heterocycles. The highest BCUT2D eigenvalue weighted by molar-refractivity contribution is 6.34. The van der Waals surface area contributed by atoms with E-state index in [0.717, 1.165) is 12.0 Å². The molecule has 144 valence electrons. The minimum Gasteiger partial charge on any atom is -0.478 e. The van der Waals surface area contributed by atoms with Crippen molar-refractivity contribution in [3.05, 3.63) is 58.2 Å². The number of carbonyl (C=O) groups is 1. The van der Waals surface area contributed by atoms with E-state index in [1.165, 1.54) is 6.20 Å². The quantitative estimate of drug-likeness (QED) is 0.547. The van der Waals surface area contributed by atoms with Gasteiger partial charge >= 0.3 is 5.97 Å². The fraction of sp³-hybridized carbons (Fsp3) is 0.273. The van der Waals surface area contributed by atoms with Crippen molar-refractivity contribution in [2.24, 2.45) is 0 Å². The number of aromatic nitrogens is 1. The monoisotopic (exact) mass is 396 g/mol. The Labute approximate surface area is 168 Å². The number of aliphatic hydroxyl groups is 1. The number of hydrogen-bond acceptors (Lipinski definition) is 3. The summed E-state index contributed by atoms with van der Waals surface area (Å²) in [5, 5.41) is 30.4. The van der Waals surface area contributed by atoms with Crippen LogP contribution in [0.5, 0.6) is 0 Å². The van der Waals surface area contributed by atoms with Crippen molar-refractivity contribution in [3.63, 3.8) is 0 Å². The number of nitrogens with one attached hydrogen (secondary N) is 1. The molecule has 0 atom stereocenters. The van der Waals surface area contributed by atoms with Gasteiger partial charge in [-0.1, -0.05) is 37.6 Å². The van der Waals surface area contributed by atoms with Crippen molar-refractivity contribution in [1.29, 1.82) is 5.26 Å². The van der Waals surface area contributed by atoms with Gasteiger partial charge in [-0.05, 0) is 43.0 Å². The van der Waals surface area contributed by atoms with E-state index in [-0.39, 0.29) is 5.56 Å². The van der Waals surface area contributed by atoms with E-state index in [1.54, 1.807) is 24.3 Å². The van der Waals surface area contributed by atoms with Crippen molar-refractivity contribution in [2.75, 3.05) is 0 Å². The Kier molecular flexibility index (Phi) is 5.46. The smallest absolute Gasteiger partial charge is 0.337 e. The Hall–Kier alpha value is -2.81. The summed E-state index contributed by atoms with van der Waals surface area (Å²) in [6.45, 7) is 4.00. The lowest BCUT2D eigenvalue weighted by atomic mass is 9.74. The zero-order valence-corrected chi connectivity index (χ0v) is 16.5. The molecule has 0 aliphatic heterocycles. The molecule has 2 aromatic carbocycles. The van der Waals surface area contributed by atoms with Gasteiger partial charge in [-0.15, -0.1) is 0 Å². The number of H-pyrrole nitrogens is 1. The van der Waals surface area contributed by atoms with Gasteiger partial charge in [0.15, 0.2) is 0 Å². The molecule has 0 radical (unpaired) electrons. The van der Waals surface area contributed by atoms with E-state index in [1.807, 2.05) is 19.9 Å². The number of nitrogens with zero attached hydrogens (tertiary/aromatic N) is 1. The lowest BCUT2D eigenvalue weighted by Crippen LogP contribution is -2.33. The fourth-order valence-corrected chi connectivity index (χ4v) is 3.75. The Morgan fingerprint density at radius 2 is 1.93 bits per heavy atom. The molecule has 1 fully saturated rings. The van der Waals surface area contributed by atoms with Gasteiger partial charge < -0.3 is 15.2 Å². The first-order valence-corrected chi connectivity index (χ1v) is 9.62. The number of carboxylic acid groups (broad SMARTS) is 1. The zero-order chi connectivity index (χ0) is 20.5. The predicted octanol–water partition coefficient (Wildman–Crippen LogP) is 5.46. The van der Waals surface area contributed by atoms with Gasteiger partial charge in [0.05, 0.1) is 27.8 Å². The molecule has 0 saturated heterocycles. The molecular formula is C22H21ClN2O3. The lowest BCUT2D eigenvalue weighted by molar-refractivity contribution is -0.0388. The van der Waals surface area contributed by atoms with Crippen LogP contribution >= 0.6 is 11.6 Å². The number of rotatable bonds is 3. The number of benzene rings is 2. The van der Waals surface area contributed by atoms with Crippen LogP contribution in [0.25, 0.3) is 22.0 Å². The Morgan fingerprint density at radius 1 is 1.21 bits per heavy atom. The van der Waals surface area contributed by atoms with Crippen molar-refractivity contribution >= 4 is 28.5 Å². The minimum absolute atomic E-state index is 0.150. The van der Waals surface area contributed by atoms with Crippen LogP contribution in [0, 0.1) is 11.3 Å². The van der Waals surface area contributed by atoms with E-state index < -0.39 is 11.6 Å². The molecule has 1 aliphatic carbocycles. The number of aromatic amines is 1. The molecule has 4 rings (SSSR count). The van der Waals surface area contributed by atoms with Gasteiger partial charge in [0.1, 0.15) is 0 Å². The van der Waals surface area contributed by atoms with Crippen molar-refractivity contribution in [3.8, 4) is 17.2 Å². The fourth-order valence-electron chi connectivity index (χ4n) is 3.49. The summed E-state index contributed by atoms with van der Waals surface area (Å²) in [4.78, 5) is 14.3. The Morgan fingerprint density at radius 3 is 2.50 bits per heavy atom. The first kappa shape index (κ1) is 19.9. The largest absolute Gasteiger partial charge is 0.478 e. The highest BCUT2D eigenvalue weighted by atomic mass is 35.5. The molecule has 28 heavy (non-hydrogen) atoms. The van der Waals surface area contributed by atoms with E-state index >= 15 is 0 Å².